The number of carbonyl (C=O) groups excluding carboxylic acids is 1. The van der Waals surface area contributed by atoms with E-state index in [1.54, 1.807) is 24.3 Å². The lowest BCUT2D eigenvalue weighted by Crippen LogP contribution is -2.38. The first-order valence-corrected chi connectivity index (χ1v) is 8.00. The number of ether oxygens (including phenoxy) is 2. The Morgan fingerprint density at radius 3 is 2.88 bits per heavy atom. The third kappa shape index (κ3) is 3.07. The monoisotopic (exact) mass is 357 g/mol. The molecule has 3 unspecified atom stereocenters. The third-order valence-electron chi connectivity index (χ3n) is 4.29. The number of aromatic nitrogens is 2. The molecular weight excluding hydrogens is 342 g/mol. The van der Waals surface area contributed by atoms with Crippen molar-refractivity contribution >= 4 is 17.4 Å². The first-order chi connectivity index (χ1) is 12.6. The Kier molecular flexibility index (Phi) is 4.19. The highest BCUT2D eigenvalue weighted by molar-refractivity contribution is 5.96. The molecule has 0 spiro atoms. The van der Waals surface area contributed by atoms with Crippen LogP contribution in [-0.2, 0) is 9.47 Å². The SMILES string of the molecule is O=C(NN=C1CC(n2ccc([N+](=O)[O-])n2)C2COC1O2)c1ccccc1. The molecule has 10 nitrogen and oxygen atoms in total. The van der Waals surface area contributed by atoms with Crippen LogP contribution in [0.3, 0.4) is 0 Å². The fraction of sp³-hybridized carbons (Fsp3) is 0.312. The summed E-state index contributed by atoms with van der Waals surface area (Å²) >= 11 is 0. The molecular formula is C16H15N5O5. The Labute approximate surface area is 147 Å². The van der Waals surface area contributed by atoms with Crippen LogP contribution in [0.4, 0.5) is 5.82 Å². The first-order valence-electron chi connectivity index (χ1n) is 8.00. The maximum Gasteiger partial charge on any atom is 0.389 e. The number of amides is 1. The molecule has 1 N–H and O–H groups in total. The molecule has 10 heteroatoms. The molecule has 2 fully saturated rings. The average Bonchev–Trinajstić information content (AvgIpc) is 3.30. The summed E-state index contributed by atoms with van der Waals surface area (Å²) in [5, 5.41) is 19.0. The molecule has 2 aliphatic heterocycles. The van der Waals surface area contributed by atoms with Gasteiger partial charge in [-0.1, -0.05) is 18.2 Å². The predicted molar refractivity (Wildman–Crippen MR) is 88.5 cm³/mol. The van der Waals surface area contributed by atoms with Crippen LogP contribution in [-0.4, -0.2) is 45.3 Å². The fourth-order valence-electron chi connectivity index (χ4n) is 2.99. The Morgan fingerprint density at radius 1 is 1.35 bits per heavy atom. The van der Waals surface area contributed by atoms with Gasteiger partial charge >= 0.3 is 5.82 Å². The van der Waals surface area contributed by atoms with Crippen LogP contribution in [0.5, 0.6) is 0 Å². The van der Waals surface area contributed by atoms with Gasteiger partial charge in [-0.2, -0.15) is 9.78 Å². The lowest BCUT2D eigenvalue weighted by Gasteiger charge is -2.26. The van der Waals surface area contributed by atoms with Crippen LogP contribution in [0.15, 0.2) is 47.7 Å². The normalized spacial score (nSPS) is 26.0. The standard InChI is InChI=1S/C16H15N5O5/c22-15(10-4-2-1-3-5-10)18-17-11-8-12(13-9-25-16(11)26-13)20-7-6-14(19-20)21(23)24/h1-7,12-13,16H,8-9H2,(H,18,22). The second-order valence-corrected chi connectivity index (χ2v) is 5.93. The molecule has 134 valence electrons. The van der Waals surface area contributed by atoms with Gasteiger partial charge in [-0.05, 0) is 17.1 Å². The quantitative estimate of drug-likeness (QED) is 0.649. The van der Waals surface area contributed by atoms with Crippen molar-refractivity contribution < 1.29 is 19.2 Å². The molecule has 1 amide bonds. The van der Waals surface area contributed by atoms with Crippen LogP contribution in [0.2, 0.25) is 0 Å². The summed E-state index contributed by atoms with van der Waals surface area (Å²) < 4.78 is 12.8. The van der Waals surface area contributed by atoms with E-state index < -0.39 is 11.2 Å². The van der Waals surface area contributed by atoms with Gasteiger partial charge in [0.1, 0.15) is 12.1 Å². The lowest BCUT2D eigenvalue weighted by atomic mass is 10.0. The van der Waals surface area contributed by atoms with Gasteiger partial charge in [0.15, 0.2) is 6.29 Å². The van der Waals surface area contributed by atoms with E-state index in [9.17, 15) is 14.9 Å². The van der Waals surface area contributed by atoms with Crippen molar-refractivity contribution in [2.75, 3.05) is 6.61 Å². The zero-order valence-electron chi connectivity index (χ0n) is 13.5. The molecule has 3 atom stereocenters. The van der Waals surface area contributed by atoms with Crippen molar-refractivity contribution in [2.45, 2.75) is 24.9 Å². The second-order valence-electron chi connectivity index (χ2n) is 5.93. The molecule has 3 heterocycles. The summed E-state index contributed by atoms with van der Waals surface area (Å²) in [5.41, 5.74) is 3.49. The zero-order valence-corrected chi connectivity index (χ0v) is 13.5. The van der Waals surface area contributed by atoms with E-state index >= 15 is 0 Å². The second kappa shape index (κ2) is 6.65. The highest BCUT2D eigenvalue weighted by atomic mass is 16.7. The molecule has 2 bridgehead atoms. The van der Waals surface area contributed by atoms with E-state index in [0.29, 0.717) is 24.3 Å². The molecule has 2 saturated heterocycles. The summed E-state index contributed by atoms with van der Waals surface area (Å²) in [6, 6.07) is 9.73. The van der Waals surface area contributed by atoms with Gasteiger partial charge in [-0.3, -0.25) is 4.79 Å². The molecule has 1 aromatic heterocycles. The number of rotatable bonds is 4. The van der Waals surface area contributed by atoms with E-state index in [1.165, 1.54) is 16.9 Å². The van der Waals surface area contributed by atoms with Crippen molar-refractivity contribution in [1.82, 2.24) is 15.2 Å². The van der Waals surface area contributed by atoms with Crippen LogP contribution in [0.1, 0.15) is 22.8 Å². The van der Waals surface area contributed by atoms with Crippen molar-refractivity contribution in [2.24, 2.45) is 5.10 Å². The smallest absolute Gasteiger partial charge is 0.358 e. The highest BCUT2D eigenvalue weighted by Crippen LogP contribution is 2.33. The number of hydrogen-bond donors (Lipinski definition) is 1. The van der Waals surface area contributed by atoms with Crippen molar-refractivity contribution in [3.05, 3.63) is 58.3 Å². The summed E-state index contributed by atoms with van der Waals surface area (Å²) in [7, 11) is 0. The van der Waals surface area contributed by atoms with Gasteiger partial charge in [-0.25, -0.2) is 5.43 Å². The minimum Gasteiger partial charge on any atom is -0.358 e. The Hall–Kier alpha value is -3.11. The molecule has 1 aromatic carbocycles. The molecule has 2 aliphatic rings. The summed E-state index contributed by atoms with van der Waals surface area (Å²) in [6.07, 6.45) is 1.04. The highest BCUT2D eigenvalue weighted by Gasteiger charge is 2.44. The average molecular weight is 357 g/mol. The number of carbonyl (C=O) groups is 1. The Balaban J connectivity index is 1.51. The first kappa shape index (κ1) is 16.4. The van der Waals surface area contributed by atoms with Crippen molar-refractivity contribution in [1.29, 1.82) is 0 Å². The number of hydrogen-bond acceptors (Lipinski definition) is 7. The van der Waals surface area contributed by atoms with Crippen LogP contribution >= 0.6 is 0 Å². The van der Waals surface area contributed by atoms with E-state index in [0.717, 1.165) is 0 Å². The molecule has 0 aliphatic carbocycles. The number of fused-ring (bicyclic) bond motifs is 2. The number of nitrogens with zero attached hydrogens (tertiary/aromatic N) is 4. The van der Waals surface area contributed by atoms with Crippen molar-refractivity contribution in [3.63, 3.8) is 0 Å². The topological polar surface area (TPSA) is 121 Å². The summed E-state index contributed by atoms with van der Waals surface area (Å²) in [4.78, 5) is 22.4. The number of nitrogens with one attached hydrogen (secondary N) is 1. The largest absolute Gasteiger partial charge is 0.389 e. The minimum absolute atomic E-state index is 0.234. The molecule has 0 saturated carbocycles. The summed E-state index contributed by atoms with van der Waals surface area (Å²) in [5.74, 6) is -0.577. The Morgan fingerprint density at radius 2 is 2.15 bits per heavy atom. The van der Waals surface area contributed by atoms with Gasteiger partial charge in [-0.15, -0.1) is 0 Å². The van der Waals surface area contributed by atoms with Gasteiger partial charge in [0, 0.05) is 12.0 Å². The van der Waals surface area contributed by atoms with Crippen molar-refractivity contribution in [3.8, 4) is 0 Å². The van der Waals surface area contributed by atoms with E-state index in [-0.39, 0.29) is 23.9 Å². The van der Waals surface area contributed by atoms with Gasteiger partial charge in [0.25, 0.3) is 5.91 Å². The maximum absolute atomic E-state index is 12.1. The molecule has 4 rings (SSSR count). The molecule has 26 heavy (non-hydrogen) atoms. The number of benzene rings is 1. The molecule has 2 aromatic rings. The summed E-state index contributed by atoms with van der Waals surface area (Å²) in [6.45, 7) is 0.328. The van der Waals surface area contributed by atoms with Gasteiger partial charge in [0.2, 0.25) is 0 Å². The maximum atomic E-state index is 12.1. The predicted octanol–water partition coefficient (Wildman–Crippen LogP) is 1.26. The van der Waals surface area contributed by atoms with Crippen LogP contribution < -0.4 is 5.43 Å². The van der Waals surface area contributed by atoms with Crippen LogP contribution in [0, 0.1) is 10.1 Å². The third-order valence-corrected chi connectivity index (χ3v) is 4.29. The van der Waals surface area contributed by atoms with E-state index in [1.807, 2.05) is 6.07 Å². The van der Waals surface area contributed by atoms with Gasteiger partial charge < -0.3 is 19.6 Å². The van der Waals surface area contributed by atoms with E-state index in [4.69, 9.17) is 9.47 Å². The lowest BCUT2D eigenvalue weighted by molar-refractivity contribution is -0.389. The van der Waals surface area contributed by atoms with Gasteiger partial charge in [0.05, 0.1) is 29.7 Å². The zero-order chi connectivity index (χ0) is 18.1. The minimum atomic E-state index is -0.627. The fourth-order valence-corrected chi connectivity index (χ4v) is 2.99. The number of hydrazone groups is 1. The Bertz CT molecular complexity index is 865. The number of nitro groups is 1. The van der Waals surface area contributed by atoms with Crippen LogP contribution in [0.25, 0.3) is 0 Å². The van der Waals surface area contributed by atoms with E-state index in [2.05, 4.69) is 15.6 Å². The molecule has 0 radical (unpaired) electrons.